The normalized spacial score (nSPS) is 25.9. The van der Waals surface area contributed by atoms with Crippen LogP contribution < -0.4 is 5.32 Å². The number of nitrogens with zero attached hydrogens (tertiary/aromatic N) is 1. The molecule has 0 amide bonds. The first-order chi connectivity index (χ1) is 10.0. The molecule has 4 heteroatoms. The van der Waals surface area contributed by atoms with Gasteiger partial charge in [-0.15, -0.1) is 0 Å². The van der Waals surface area contributed by atoms with E-state index in [9.17, 15) is 9.90 Å². The molecule has 0 aromatic rings. The summed E-state index contributed by atoms with van der Waals surface area (Å²) < 4.78 is 0. The predicted molar refractivity (Wildman–Crippen MR) is 87.7 cm³/mol. The van der Waals surface area contributed by atoms with E-state index in [1.165, 1.54) is 19.3 Å². The Morgan fingerprint density at radius 2 is 2.05 bits per heavy atom. The molecule has 1 rings (SSSR count). The van der Waals surface area contributed by atoms with Crippen molar-refractivity contribution < 1.29 is 9.90 Å². The summed E-state index contributed by atoms with van der Waals surface area (Å²) in [5, 5.41) is 12.9. The van der Waals surface area contributed by atoms with Gasteiger partial charge in [0.15, 0.2) is 0 Å². The van der Waals surface area contributed by atoms with E-state index in [0.29, 0.717) is 18.5 Å². The minimum atomic E-state index is -0.735. The summed E-state index contributed by atoms with van der Waals surface area (Å²) in [5.74, 6) is -0.694. The monoisotopic (exact) mass is 298 g/mol. The van der Waals surface area contributed by atoms with E-state index in [1.807, 2.05) is 6.92 Å². The summed E-state index contributed by atoms with van der Waals surface area (Å²) in [7, 11) is 0. The van der Waals surface area contributed by atoms with Crippen molar-refractivity contribution in [2.45, 2.75) is 90.3 Å². The van der Waals surface area contributed by atoms with Crippen LogP contribution in [0.4, 0.5) is 0 Å². The van der Waals surface area contributed by atoms with Crippen molar-refractivity contribution in [2.24, 2.45) is 0 Å². The molecule has 4 nitrogen and oxygen atoms in total. The predicted octanol–water partition coefficient (Wildman–Crippen LogP) is 3.26. The zero-order valence-corrected chi connectivity index (χ0v) is 14.3. The third kappa shape index (κ3) is 4.68. The highest BCUT2D eigenvalue weighted by atomic mass is 16.4. The van der Waals surface area contributed by atoms with E-state index in [2.05, 4.69) is 31.0 Å². The molecule has 1 fully saturated rings. The standard InChI is InChI=1S/C17H34N2O2/c1-5-12-18-17(7-3,16(20)21)11-8-13-19-14(4)9-10-15(19)6-2/h14-15,18H,5-13H2,1-4H3,(H,20,21). The Morgan fingerprint density at radius 3 is 2.57 bits per heavy atom. The second kappa shape index (κ2) is 8.74. The third-order valence-electron chi connectivity index (χ3n) is 5.17. The number of nitrogens with one attached hydrogen (secondary N) is 1. The highest BCUT2D eigenvalue weighted by Gasteiger charge is 2.36. The minimum absolute atomic E-state index is 0.648. The summed E-state index contributed by atoms with van der Waals surface area (Å²) in [4.78, 5) is 14.3. The van der Waals surface area contributed by atoms with Gasteiger partial charge in [0.25, 0.3) is 0 Å². The van der Waals surface area contributed by atoms with Crippen LogP contribution in [-0.4, -0.2) is 46.7 Å². The first-order valence-corrected chi connectivity index (χ1v) is 8.74. The van der Waals surface area contributed by atoms with Crippen LogP contribution in [0, 0.1) is 0 Å². The fourth-order valence-electron chi connectivity index (χ4n) is 3.62. The number of aliphatic carboxylic acids is 1. The molecule has 0 aliphatic carbocycles. The summed E-state index contributed by atoms with van der Waals surface area (Å²) >= 11 is 0. The average Bonchev–Trinajstić information content (AvgIpc) is 2.83. The van der Waals surface area contributed by atoms with Gasteiger partial charge in [-0.25, -0.2) is 0 Å². The van der Waals surface area contributed by atoms with Gasteiger partial charge in [-0.3, -0.25) is 9.69 Å². The van der Waals surface area contributed by atoms with Gasteiger partial charge in [-0.05, 0) is 65.0 Å². The van der Waals surface area contributed by atoms with E-state index in [4.69, 9.17) is 0 Å². The molecule has 0 aromatic carbocycles. The maximum Gasteiger partial charge on any atom is 0.323 e. The van der Waals surface area contributed by atoms with Gasteiger partial charge in [0.05, 0.1) is 0 Å². The summed E-state index contributed by atoms with van der Waals surface area (Å²) in [6.45, 7) is 10.4. The van der Waals surface area contributed by atoms with Gasteiger partial charge < -0.3 is 10.4 Å². The van der Waals surface area contributed by atoms with Gasteiger partial charge in [-0.1, -0.05) is 20.8 Å². The van der Waals surface area contributed by atoms with Gasteiger partial charge in [0, 0.05) is 12.1 Å². The Labute approximate surface area is 130 Å². The zero-order valence-electron chi connectivity index (χ0n) is 14.3. The molecule has 0 spiro atoms. The molecule has 3 atom stereocenters. The topological polar surface area (TPSA) is 52.6 Å². The molecule has 2 N–H and O–H groups in total. The fraction of sp³-hybridized carbons (Fsp3) is 0.941. The summed E-state index contributed by atoms with van der Waals surface area (Å²) in [6.07, 6.45) is 7.08. The van der Waals surface area contributed by atoms with E-state index >= 15 is 0 Å². The SMILES string of the molecule is CCCNC(CC)(CCCN1C(C)CCC1CC)C(=O)O. The maximum atomic E-state index is 11.7. The minimum Gasteiger partial charge on any atom is -0.480 e. The smallest absolute Gasteiger partial charge is 0.323 e. The average molecular weight is 298 g/mol. The molecule has 1 aliphatic heterocycles. The lowest BCUT2D eigenvalue weighted by Crippen LogP contribution is -2.52. The first kappa shape index (κ1) is 18.4. The molecule has 0 radical (unpaired) electrons. The largest absolute Gasteiger partial charge is 0.480 e. The van der Waals surface area contributed by atoms with E-state index in [0.717, 1.165) is 32.4 Å². The molecule has 3 unspecified atom stereocenters. The van der Waals surface area contributed by atoms with Crippen molar-refractivity contribution in [3.8, 4) is 0 Å². The molecule has 124 valence electrons. The van der Waals surface area contributed by atoms with Gasteiger partial charge in [-0.2, -0.15) is 0 Å². The Kier molecular flexibility index (Phi) is 7.67. The van der Waals surface area contributed by atoms with Crippen LogP contribution in [0.2, 0.25) is 0 Å². The number of rotatable bonds is 10. The fourth-order valence-corrected chi connectivity index (χ4v) is 3.62. The summed E-state index contributed by atoms with van der Waals surface area (Å²) in [5.41, 5.74) is -0.735. The summed E-state index contributed by atoms with van der Waals surface area (Å²) in [6, 6.07) is 1.35. The lowest BCUT2D eigenvalue weighted by atomic mass is 9.90. The van der Waals surface area contributed by atoms with Crippen molar-refractivity contribution in [1.29, 1.82) is 0 Å². The van der Waals surface area contributed by atoms with Crippen LogP contribution in [-0.2, 0) is 4.79 Å². The van der Waals surface area contributed by atoms with Crippen molar-refractivity contribution in [3.05, 3.63) is 0 Å². The van der Waals surface area contributed by atoms with Crippen LogP contribution in [0.3, 0.4) is 0 Å². The Bertz CT molecular complexity index is 322. The Balaban J connectivity index is 2.54. The molecule has 21 heavy (non-hydrogen) atoms. The second-order valence-corrected chi connectivity index (χ2v) is 6.50. The highest BCUT2D eigenvalue weighted by Crippen LogP contribution is 2.27. The second-order valence-electron chi connectivity index (χ2n) is 6.50. The third-order valence-corrected chi connectivity index (χ3v) is 5.17. The van der Waals surface area contributed by atoms with Gasteiger partial charge >= 0.3 is 5.97 Å². The van der Waals surface area contributed by atoms with Crippen LogP contribution in [0.25, 0.3) is 0 Å². The van der Waals surface area contributed by atoms with Gasteiger partial charge in [0.1, 0.15) is 5.54 Å². The number of carboxylic acid groups (broad SMARTS) is 1. The molecular weight excluding hydrogens is 264 g/mol. The highest BCUT2D eigenvalue weighted by molar-refractivity contribution is 5.78. The Hall–Kier alpha value is -0.610. The van der Waals surface area contributed by atoms with Crippen LogP contribution >= 0.6 is 0 Å². The van der Waals surface area contributed by atoms with Crippen molar-refractivity contribution in [1.82, 2.24) is 10.2 Å². The lowest BCUT2D eigenvalue weighted by Gasteiger charge is -2.32. The lowest BCUT2D eigenvalue weighted by molar-refractivity contribution is -0.145. The van der Waals surface area contributed by atoms with Crippen molar-refractivity contribution in [2.75, 3.05) is 13.1 Å². The van der Waals surface area contributed by atoms with Gasteiger partial charge in [0.2, 0.25) is 0 Å². The molecule has 1 heterocycles. The molecule has 1 aliphatic rings. The maximum absolute atomic E-state index is 11.7. The zero-order chi connectivity index (χ0) is 15.9. The quantitative estimate of drug-likeness (QED) is 0.650. The molecule has 0 saturated carbocycles. The number of carbonyl (C=O) groups is 1. The van der Waals surface area contributed by atoms with E-state index < -0.39 is 11.5 Å². The van der Waals surface area contributed by atoms with Crippen LogP contribution in [0.15, 0.2) is 0 Å². The number of carboxylic acids is 1. The van der Waals surface area contributed by atoms with Crippen molar-refractivity contribution in [3.63, 3.8) is 0 Å². The van der Waals surface area contributed by atoms with E-state index in [1.54, 1.807) is 0 Å². The number of hydrogen-bond acceptors (Lipinski definition) is 3. The molecule has 1 saturated heterocycles. The van der Waals surface area contributed by atoms with Crippen molar-refractivity contribution >= 4 is 5.97 Å². The molecular formula is C17H34N2O2. The van der Waals surface area contributed by atoms with Crippen LogP contribution in [0.5, 0.6) is 0 Å². The number of hydrogen-bond donors (Lipinski definition) is 2. The molecule has 0 bridgehead atoms. The van der Waals surface area contributed by atoms with Crippen LogP contribution in [0.1, 0.15) is 72.6 Å². The Morgan fingerprint density at radius 1 is 1.33 bits per heavy atom. The molecule has 0 aromatic heterocycles. The van der Waals surface area contributed by atoms with E-state index in [-0.39, 0.29) is 0 Å². The first-order valence-electron chi connectivity index (χ1n) is 8.74. The number of likely N-dealkylation sites (tertiary alicyclic amines) is 1.